The largest absolute Gasteiger partial charge is 0.450 e. The summed E-state index contributed by atoms with van der Waals surface area (Å²) in [7, 11) is -0.399. The van der Waals surface area contributed by atoms with Crippen LogP contribution in [0.5, 0.6) is 0 Å². The molecule has 4 heteroatoms. The second kappa shape index (κ2) is 7.02. The van der Waals surface area contributed by atoms with Crippen LogP contribution in [-0.2, 0) is 0 Å². The minimum absolute atomic E-state index is 0.841. The molecule has 0 amide bonds. The predicted octanol–water partition coefficient (Wildman–Crippen LogP) is 2.78. The second-order valence-corrected chi connectivity index (χ2v) is 10.0. The van der Waals surface area contributed by atoms with Crippen LogP contribution in [0.3, 0.4) is 0 Å². The van der Waals surface area contributed by atoms with Crippen molar-refractivity contribution < 1.29 is 4.42 Å². The van der Waals surface area contributed by atoms with Crippen LogP contribution in [-0.4, -0.2) is 20.3 Å². The molecule has 1 heterocycles. The summed E-state index contributed by atoms with van der Waals surface area (Å²) in [6.45, 7) is 0. The number of oxazole rings is 1. The maximum atomic E-state index is 5.31. The van der Waals surface area contributed by atoms with Crippen molar-refractivity contribution >= 4 is 29.6 Å². The number of hydrogen-bond donors (Lipinski definition) is 0. The fourth-order valence-electron chi connectivity index (χ4n) is 3.66. The number of rotatable bonds is 5. The molecule has 0 aliphatic carbocycles. The Bertz CT molecular complexity index is 845. The summed E-state index contributed by atoms with van der Waals surface area (Å²) in [5.74, 6) is 0.841. The first kappa shape index (κ1) is 16.4. The van der Waals surface area contributed by atoms with E-state index in [0.29, 0.717) is 0 Å². The molecule has 0 fully saturated rings. The molecule has 0 aliphatic heterocycles. The van der Waals surface area contributed by atoms with Gasteiger partial charge in [-0.15, -0.1) is 0 Å². The van der Waals surface area contributed by atoms with Crippen molar-refractivity contribution in [1.82, 2.24) is 4.98 Å². The highest BCUT2D eigenvalue weighted by Crippen LogP contribution is 2.18. The molecule has 0 spiro atoms. The Labute approximate surface area is 154 Å². The first-order chi connectivity index (χ1) is 12.8. The second-order valence-electron chi connectivity index (χ2n) is 6.21. The van der Waals surface area contributed by atoms with Crippen LogP contribution < -0.4 is 20.1 Å². The third-order valence-electron chi connectivity index (χ3n) is 4.84. The zero-order valence-electron chi connectivity index (χ0n) is 14.6. The van der Waals surface area contributed by atoms with E-state index in [9.17, 15) is 0 Å². The Morgan fingerprint density at radius 3 is 1.46 bits per heavy atom. The van der Waals surface area contributed by atoms with E-state index in [4.69, 9.17) is 4.42 Å². The Hall–Kier alpha value is -3.11. The molecule has 0 bridgehead atoms. The Morgan fingerprint density at radius 2 is 1.12 bits per heavy atom. The van der Waals surface area contributed by atoms with E-state index >= 15 is 0 Å². The van der Waals surface area contributed by atoms with Crippen molar-refractivity contribution in [2.24, 2.45) is 0 Å². The van der Waals surface area contributed by atoms with Gasteiger partial charge in [-0.25, -0.2) is 4.98 Å². The summed E-state index contributed by atoms with van der Waals surface area (Å²) < 4.78 is 7.62. The highest BCUT2D eigenvalue weighted by Gasteiger charge is 2.45. The fourth-order valence-corrected chi connectivity index (χ4v) is 8.30. The molecular weight excluding hydrogens is 336 g/mol. The molecule has 0 saturated heterocycles. The first-order valence-electron chi connectivity index (χ1n) is 8.62. The lowest BCUT2D eigenvalue weighted by atomic mass is 10.3. The van der Waals surface area contributed by atoms with Gasteiger partial charge < -0.3 is 8.98 Å². The van der Waals surface area contributed by atoms with Gasteiger partial charge in [0.1, 0.15) is 6.26 Å². The lowest BCUT2D eigenvalue weighted by Gasteiger charge is -2.41. The summed E-state index contributed by atoms with van der Waals surface area (Å²) in [6.07, 6.45) is 3.21. The van der Waals surface area contributed by atoms with Crippen LogP contribution >= 0.6 is 0 Å². The molecule has 4 aromatic rings. The van der Waals surface area contributed by atoms with Crippen LogP contribution in [0, 0.1) is 0 Å². The molecule has 0 aliphatic rings. The van der Waals surface area contributed by atoms with Crippen LogP contribution in [0.1, 0.15) is 0 Å². The van der Waals surface area contributed by atoms with E-state index in [1.165, 1.54) is 22.0 Å². The smallest absolute Gasteiger partial charge is 0.254 e. The van der Waals surface area contributed by atoms with Crippen LogP contribution in [0.4, 0.5) is 5.82 Å². The Morgan fingerprint density at radius 1 is 0.692 bits per heavy atom. The Balaban J connectivity index is 2.07. The summed E-state index contributed by atoms with van der Waals surface area (Å²) in [6, 6.07) is 32.2. The number of hydrogen-bond acceptors (Lipinski definition) is 3. The van der Waals surface area contributed by atoms with Crippen molar-refractivity contribution in [3.05, 3.63) is 104 Å². The standard InChI is InChI=1S/C22H20N2OSi/c1-24(22-17-25-18-23-22)26(19-11-5-2-6-12-19,20-13-7-3-8-14-20)21-15-9-4-10-16-21/h2-18H,1H3. The van der Waals surface area contributed by atoms with Crippen LogP contribution in [0.2, 0.25) is 0 Å². The Kier molecular flexibility index (Phi) is 4.42. The average Bonchev–Trinajstić information content (AvgIpc) is 3.26. The minimum Gasteiger partial charge on any atom is -0.450 e. The van der Waals surface area contributed by atoms with E-state index in [1.807, 2.05) is 0 Å². The van der Waals surface area contributed by atoms with Gasteiger partial charge in [-0.05, 0) is 15.6 Å². The molecule has 128 valence electrons. The molecular formula is C22H20N2OSi. The number of benzene rings is 3. The molecule has 1 aromatic heterocycles. The van der Waals surface area contributed by atoms with Gasteiger partial charge in [-0.3, -0.25) is 0 Å². The van der Waals surface area contributed by atoms with Crippen molar-refractivity contribution in [2.75, 3.05) is 11.6 Å². The van der Waals surface area contributed by atoms with Crippen molar-refractivity contribution in [3.8, 4) is 0 Å². The van der Waals surface area contributed by atoms with E-state index in [1.54, 1.807) is 6.26 Å². The molecule has 4 rings (SSSR count). The lowest BCUT2D eigenvalue weighted by Crippen LogP contribution is -2.77. The number of nitrogens with zero attached hydrogens (tertiary/aromatic N) is 2. The number of aromatic nitrogens is 1. The average molecular weight is 357 g/mol. The van der Waals surface area contributed by atoms with Gasteiger partial charge >= 0.3 is 0 Å². The third-order valence-corrected chi connectivity index (χ3v) is 9.58. The maximum Gasteiger partial charge on any atom is 0.254 e. The maximum absolute atomic E-state index is 5.31. The number of anilines is 1. The summed E-state index contributed by atoms with van der Waals surface area (Å²) in [4.78, 5) is 4.45. The first-order valence-corrected chi connectivity index (χ1v) is 10.6. The molecule has 0 unspecified atom stereocenters. The lowest BCUT2D eigenvalue weighted by molar-refractivity contribution is 0.558. The molecule has 3 aromatic carbocycles. The predicted molar refractivity (Wildman–Crippen MR) is 109 cm³/mol. The molecule has 26 heavy (non-hydrogen) atoms. The third kappa shape index (κ3) is 2.64. The molecule has 0 radical (unpaired) electrons. The van der Waals surface area contributed by atoms with Crippen molar-refractivity contribution in [3.63, 3.8) is 0 Å². The van der Waals surface area contributed by atoms with Gasteiger partial charge in [0.05, 0.1) is 0 Å². The summed E-state index contributed by atoms with van der Waals surface area (Å²) in [5, 5.41) is 3.92. The molecule has 0 saturated carbocycles. The SMILES string of the molecule is CN(c1cocn1)[Si](c1ccccc1)(c1ccccc1)c1ccccc1. The summed E-state index contributed by atoms with van der Waals surface area (Å²) in [5.41, 5.74) is 0. The molecule has 3 nitrogen and oxygen atoms in total. The minimum atomic E-state index is -2.52. The summed E-state index contributed by atoms with van der Waals surface area (Å²) >= 11 is 0. The highest BCUT2D eigenvalue weighted by atomic mass is 28.3. The van der Waals surface area contributed by atoms with E-state index in [0.717, 1.165) is 5.82 Å². The monoisotopic (exact) mass is 356 g/mol. The van der Waals surface area contributed by atoms with Crippen LogP contribution in [0.25, 0.3) is 0 Å². The van der Waals surface area contributed by atoms with Crippen molar-refractivity contribution in [1.29, 1.82) is 0 Å². The van der Waals surface area contributed by atoms with Gasteiger partial charge in [0.25, 0.3) is 8.24 Å². The van der Waals surface area contributed by atoms with E-state index in [2.05, 4.69) is 108 Å². The van der Waals surface area contributed by atoms with E-state index in [-0.39, 0.29) is 0 Å². The fraction of sp³-hybridized carbons (Fsp3) is 0.0455. The topological polar surface area (TPSA) is 29.3 Å². The van der Waals surface area contributed by atoms with Crippen LogP contribution in [0.15, 0.2) is 108 Å². The van der Waals surface area contributed by atoms with Gasteiger partial charge in [-0.2, -0.15) is 0 Å². The normalized spacial score (nSPS) is 11.3. The highest BCUT2D eigenvalue weighted by molar-refractivity contribution is 7.13. The molecule has 0 N–H and O–H groups in total. The van der Waals surface area contributed by atoms with Gasteiger partial charge in [0.2, 0.25) is 0 Å². The zero-order chi connectivity index (χ0) is 17.8. The van der Waals surface area contributed by atoms with E-state index < -0.39 is 8.24 Å². The van der Waals surface area contributed by atoms with Gasteiger partial charge in [0.15, 0.2) is 12.2 Å². The van der Waals surface area contributed by atoms with Crippen molar-refractivity contribution in [2.45, 2.75) is 0 Å². The molecule has 0 atom stereocenters. The quantitative estimate of drug-likeness (QED) is 0.407. The zero-order valence-corrected chi connectivity index (χ0v) is 15.6. The van der Waals surface area contributed by atoms with Gasteiger partial charge in [-0.1, -0.05) is 91.0 Å². The van der Waals surface area contributed by atoms with Gasteiger partial charge in [0, 0.05) is 7.05 Å².